The van der Waals surface area contributed by atoms with E-state index in [9.17, 15) is 100 Å². The average Bonchev–Trinajstić information content (AvgIpc) is 2.60. The van der Waals surface area contributed by atoms with Gasteiger partial charge in [-0.15, -0.1) is 0 Å². The van der Waals surface area contributed by atoms with Crippen molar-refractivity contribution < 1.29 is 152 Å². The number of carbonyl (C=O) groups excluding carboxylic acids is 6. The predicted molar refractivity (Wildman–Crippen MR) is 269 cm³/mol. The maximum absolute atomic E-state index is 12.8. The monoisotopic (exact) mass is 1240 g/mol. The fraction of sp³-hybridized carbons (Fsp3) is 0.875. The number of rotatable bonds is 22. The quantitative estimate of drug-likeness (QED) is 0.0479. The van der Waals surface area contributed by atoms with Gasteiger partial charge in [-0.2, -0.15) is 0 Å². The van der Waals surface area contributed by atoms with Gasteiger partial charge in [0.2, 0.25) is 35.4 Å². The van der Waals surface area contributed by atoms with Crippen LogP contribution in [0.5, 0.6) is 0 Å². The van der Waals surface area contributed by atoms with Crippen LogP contribution < -0.4 is 31.9 Å². The molecule has 6 aliphatic rings. The molecule has 85 heavy (non-hydrogen) atoms. The lowest BCUT2D eigenvalue weighted by molar-refractivity contribution is -0.370. The van der Waals surface area contributed by atoms with Crippen molar-refractivity contribution in [3.63, 3.8) is 0 Å². The van der Waals surface area contributed by atoms with Crippen LogP contribution in [0.15, 0.2) is 0 Å². The molecule has 6 saturated heterocycles. The Morgan fingerprint density at radius 1 is 0.282 bits per heavy atom. The standard InChI is InChI=1S/C48H80N6O31/c1-13(61)49-25-33(69)38(20(8-56)75-43(25)74)81-45-27(51-15(3)63)35(71)40(22(10-58)77-45)83-47-29(53-17(5)65)37(73)42(24(12-60)79-47)85-48-30(54-18(6)66)36(72)41(23(11-59)80-48)84-46-28(52-16(4)64)34(70)39(21(9-57)78-46)82-44-26(50-14(2)62)32(68)31(67)19(7-55)76-44/h19-48,55-60,67-74H,7-12H2,1-6H3,(H,49,61)(H,50,62)(H,51,63)(H,52,64)(H,53,65)(H,54,66)/t19-,20-,21-,22-,23-,24-,25-,26-,27-,28-,29-,30-,31-,32-,33-,34-,35-,36-,37-,38-,39-,40-,41-,42-,43-,44+,45+,46-,47+,48+/m1/s1. The smallest absolute Gasteiger partial charge is 0.217 e. The molecule has 6 heterocycles. The molecule has 37 nitrogen and oxygen atoms in total. The summed E-state index contributed by atoms with van der Waals surface area (Å²) in [5, 5.41) is 168. The van der Waals surface area contributed by atoms with Crippen molar-refractivity contribution in [1.82, 2.24) is 31.9 Å². The molecule has 0 unspecified atom stereocenters. The Bertz CT molecular complexity index is 2230. The number of aliphatic hydroxyl groups is 14. The SMILES string of the molecule is CC(=O)N[C@@H]1[C@@H](O)[C@H](O[C@@H]2O[C@H](CO)[C@@H](O[C@@H]3O[C@H](CO)[C@@H](O[C@@H]4O[C@H](CO)[C@@H](O[C@H]5O[C@H](CO)[C@@H](O[C@@H]6O[C@H](CO)[C@@H](O)[C@H](O)[C@H]6NC(C)=O)[C@H](O)[C@H]5NC(C)=O)[C@H](O)[C@H]4NC(C)=O)[C@H](O)[C@H]3NC(C)=O)[C@H](O)[C@H]2NC(C)=O)[C@@H](CO)O[C@H]1O. The summed E-state index contributed by atoms with van der Waals surface area (Å²) in [4.78, 5) is 74.9. The predicted octanol–water partition coefficient (Wildman–Crippen LogP) is -13.2. The van der Waals surface area contributed by atoms with Crippen molar-refractivity contribution in [3.05, 3.63) is 0 Å². The topological polar surface area (TPSA) is 559 Å². The van der Waals surface area contributed by atoms with Gasteiger partial charge in [0.1, 0.15) is 146 Å². The van der Waals surface area contributed by atoms with E-state index < -0.39 is 259 Å². The summed E-state index contributed by atoms with van der Waals surface area (Å²) in [5.74, 6) is -4.75. The Morgan fingerprint density at radius 3 is 0.694 bits per heavy atom. The second kappa shape index (κ2) is 30.8. The van der Waals surface area contributed by atoms with Crippen LogP contribution in [0.2, 0.25) is 0 Å². The zero-order chi connectivity index (χ0) is 63.0. The van der Waals surface area contributed by atoms with Crippen molar-refractivity contribution in [2.24, 2.45) is 0 Å². The molecule has 0 bridgehead atoms. The van der Waals surface area contributed by atoms with Crippen molar-refractivity contribution in [3.8, 4) is 0 Å². The number of hydrogen-bond acceptors (Lipinski definition) is 31. The van der Waals surface area contributed by atoms with Gasteiger partial charge in [0.05, 0.1) is 39.6 Å². The van der Waals surface area contributed by atoms with E-state index in [1.165, 1.54) is 0 Å². The second-order valence-corrected chi connectivity index (χ2v) is 21.2. The number of hydrogen-bond donors (Lipinski definition) is 20. The number of ether oxygens (including phenoxy) is 11. The van der Waals surface area contributed by atoms with Crippen molar-refractivity contribution >= 4 is 35.4 Å². The summed E-state index contributed by atoms with van der Waals surface area (Å²) in [7, 11) is 0. The summed E-state index contributed by atoms with van der Waals surface area (Å²) < 4.78 is 65.4. The van der Waals surface area contributed by atoms with Crippen LogP contribution >= 0.6 is 0 Å². The number of amides is 6. The van der Waals surface area contributed by atoms with E-state index in [1.807, 2.05) is 0 Å². The van der Waals surface area contributed by atoms with Crippen molar-refractivity contribution in [2.45, 2.75) is 225 Å². The molecule has 30 atom stereocenters. The van der Waals surface area contributed by atoms with Crippen molar-refractivity contribution in [1.29, 1.82) is 0 Å². The summed E-state index contributed by atoms with van der Waals surface area (Å²) in [6.45, 7) is 0.406. The lowest BCUT2D eigenvalue weighted by Crippen LogP contribution is -2.72. The molecule has 0 aromatic rings. The molecular formula is C48H80N6O31. The molecule has 0 spiro atoms. The van der Waals surface area contributed by atoms with Gasteiger partial charge in [-0.25, -0.2) is 0 Å². The molecule has 6 fully saturated rings. The van der Waals surface area contributed by atoms with E-state index in [0.717, 1.165) is 41.5 Å². The van der Waals surface area contributed by atoms with Gasteiger partial charge in [-0.3, -0.25) is 28.8 Å². The molecule has 20 N–H and O–H groups in total. The molecule has 0 radical (unpaired) electrons. The highest BCUT2D eigenvalue weighted by Crippen LogP contribution is 2.37. The highest BCUT2D eigenvalue weighted by Gasteiger charge is 2.59. The maximum atomic E-state index is 12.8. The highest BCUT2D eigenvalue weighted by atomic mass is 16.8. The molecule has 6 amide bonds. The van der Waals surface area contributed by atoms with Gasteiger partial charge >= 0.3 is 0 Å². The Morgan fingerprint density at radius 2 is 0.471 bits per heavy atom. The van der Waals surface area contributed by atoms with Crippen LogP contribution in [-0.2, 0) is 80.9 Å². The first-order chi connectivity index (χ1) is 40.1. The number of nitrogens with one attached hydrogen (secondary N) is 6. The van der Waals surface area contributed by atoms with Gasteiger partial charge in [0.25, 0.3) is 0 Å². The average molecular weight is 1240 g/mol. The summed E-state index contributed by atoms with van der Waals surface area (Å²) in [6, 6.07) is -10.0. The number of aliphatic hydroxyl groups excluding tert-OH is 14. The minimum Gasteiger partial charge on any atom is -0.394 e. The fourth-order valence-electron chi connectivity index (χ4n) is 11.0. The summed E-state index contributed by atoms with van der Waals surface area (Å²) in [6.07, 6.45) is -43.4. The molecule has 0 saturated carbocycles. The van der Waals surface area contributed by atoms with Crippen LogP contribution in [0.1, 0.15) is 41.5 Å². The van der Waals surface area contributed by atoms with Crippen LogP contribution in [0.4, 0.5) is 0 Å². The normalized spacial score (nSPS) is 44.0. The zero-order valence-electron chi connectivity index (χ0n) is 46.8. The Balaban J connectivity index is 1.23. The first kappa shape index (κ1) is 69.9. The molecule has 0 aromatic heterocycles. The first-order valence-electron chi connectivity index (χ1n) is 27.1. The van der Waals surface area contributed by atoms with E-state index in [2.05, 4.69) is 31.9 Å². The third kappa shape index (κ3) is 16.4. The van der Waals surface area contributed by atoms with Gasteiger partial charge in [0, 0.05) is 41.5 Å². The maximum Gasteiger partial charge on any atom is 0.217 e. The van der Waals surface area contributed by atoms with Gasteiger partial charge in [-0.05, 0) is 0 Å². The molecular weight excluding hydrogens is 1160 g/mol. The van der Waals surface area contributed by atoms with Gasteiger partial charge in [-0.1, -0.05) is 0 Å². The van der Waals surface area contributed by atoms with E-state index in [1.54, 1.807) is 0 Å². The Hall–Kier alpha value is -4.18. The molecule has 6 rings (SSSR count). The van der Waals surface area contributed by atoms with Crippen LogP contribution in [0.3, 0.4) is 0 Å². The summed E-state index contributed by atoms with van der Waals surface area (Å²) >= 11 is 0. The third-order valence-electron chi connectivity index (χ3n) is 14.8. The van der Waals surface area contributed by atoms with Crippen LogP contribution in [-0.4, -0.2) is 330 Å². The minimum absolute atomic E-state index is 0.705. The molecule has 6 aliphatic heterocycles. The first-order valence-corrected chi connectivity index (χ1v) is 27.1. The van der Waals surface area contributed by atoms with Gasteiger partial charge < -0.3 is 155 Å². The third-order valence-corrected chi connectivity index (χ3v) is 14.8. The molecule has 0 aliphatic carbocycles. The van der Waals surface area contributed by atoms with E-state index in [0.29, 0.717) is 0 Å². The molecule has 37 heteroatoms. The second-order valence-electron chi connectivity index (χ2n) is 21.2. The zero-order valence-corrected chi connectivity index (χ0v) is 46.8. The lowest BCUT2D eigenvalue weighted by atomic mass is 9.92. The molecule has 0 aromatic carbocycles. The van der Waals surface area contributed by atoms with E-state index in [4.69, 9.17) is 52.1 Å². The fourth-order valence-corrected chi connectivity index (χ4v) is 11.0. The van der Waals surface area contributed by atoms with Gasteiger partial charge in [0.15, 0.2) is 37.7 Å². The number of carbonyl (C=O) groups is 6. The Labute approximate surface area is 483 Å². The van der Waals surface area contributed by atoms with E-state index in [-0.39, 0.29) is 0 Å². The minimum atomic E-state index is -2.07. The Kier molecular flexibility index (Phi) is 25.4. The largest absolute Gasteiger partial charge is 0.394 e. The van der Waals surface area contributed by atoms with Crippen molar-refractivity contribution in [2.75, 3.05) is 39.6 Å². The van der Waals surface area contributed by atoms with E-state index >= 15 is 0 Å². The lowest BCUT2D eigenvalue weighted by Gasteiger charge is -2.51. The molecule has 488 valence electrons. The summed E-state index contributed by atoms with van der Waals surface area (Å²) in [5.41, 5.74) is 0. The highest BCUT2D eigenvalue weighted by molar-refractivity contribution is 5.75. The van der Waals surface area contributed by atoms with Crippen LogP contribution in [0.25, 0.3) is 0 Å². The van der Waals surface area contributed by atoms with Crippen LogP contribution in [0, 0.1) is 0 Å².